The van der Waals surface area contributed by atoms with Crippen molar-refractivity contribution in [3.63, 3.8) is 0 Å². The van der Waals surface area contributed by atoms with E-state index in [4.69, 9.17) is 0 Å². The molecule has 1 saturated heterocycles. The molecule has 0 unspecified atom stereocenters. The number of carbonyl (C=O) groups excluding carboxylic acids is 1. The van der Waals surface area contributed by atoms with E-state index >= 15 is 0 Å². The first kappa shape index (κ1) is 17.2. The number of pyridine rings is 1. The lowest BCUT2D eigenvalue weighted by molar-refractivity contribution is 0.0735. The smallest absolute Gasteiger partial charge is 0.255 e. The molecule has 1 aliphatic rings. The number of anilines is 2. The van der Waals surface area contributed by atoms with Gasteiger partial charge in [0.05, 0.1) is 5.56 Å². The first-order valence-electron chi connectivity index (χ1n) is 7.50. The molecule has 2 aromatic rings. The van der Waals surface area contributed by atoms with Crippen molar-refractivity contribution in [3.05, 3.63) is 54.2 Å². The summed E-state index contributed by atoms with van der Waals surface area (Å²) < 4.78 is 0. The molecule has 1 aliphatic heterocycles. The molecule has 1 aromatic carbocycles. The summed E-state index contributed by atoms with van der Waals surface area (Å²) in [6.07, 6.45) is 1.67. The molecule has 1 aromatic heterocycles. The molecule has 0 aliphatic carbocycles. The second-order valence-corrected chi connectivity index (χ2v) is 5.34. The van der Waals surface area contributed by atoms with Crippen molar-refractivity contribution in [3.8, 4) is 0 Å². The lowest BCUT2D eigenvalue weighted by Gasteiger charge is -2.27. The van der Waals surface area contributed by atoms with Gasteiger partial charge >= 0.3 is 0 Å². The van der Waals surface area contributed by atoms with E-state index in [1.165, 1.54) is 0 Å². The molecule has 3 rings (SSSR count). The third-order valence-electron chi connectivity index (χ3n) is 3.89. The Morgan fingerprint density at radius 3 is 2.43 bits per heavy atom. The standard InChI is InChI=1S/C17H20N4O.ClH/c1-20(15-5-3-2-4-6-15)16-8-7-14(13-19-16)17(22)21-11-9-18-10-12-21;/h2-8,13,18H,9-12H2,1H3;1H. The summed E-state index contributed by atoms with van der Waals surface area (Å²) in [5.41, 5.74) is 1.71. The molecular weight excluding hydrogens is 312 g/mol. The number of hydrogen-bond acceptors (Lipinski definition) is 4. The molecule has 5 nitrogen and oxygen atoms in total. The van der Waals surface area contributed by atoms with E-state index in [1.807, 2.05) is 59.3 Å². The maximum absolute atomic E-state index is 12.4. The number of halogens is 1. The average Bonchev–Trinajstić information content (AvgIpc) is 2.62. The molecule has 0 spiro atoms. The molecule has 0 atom stereocenters. The van der Waals surface area contributed by atoms with Crippen LogP contribution >= 0.6 is 12.4 Å². The fraction of sp³-hybridized carbons (Fsp3) is 0.294. The maximum Gasteiger partial charge on any atom is 0.255 e. The largest absolute Gasteiger partial charge is 0.336 e. The monoisotopic (exact) mass is 332 g/mol. The van der Waals surface area contributed by atoms with Crippen LogP contribution in [0.25, 0.3) is 0 Å². The molecule has 6 heteroatoms. The highest BCUT2D eigenvalue weighted by molar-refractivity contribution is 5.94. The van der Waals surface area contributed by atoms with Gasteiger partial charge in [-0.25, -0.2) is 4.98 Å². The molecule has 122 valence electrons. The van der Waals surface area contributed by atoms with Crippen LogP contribution in [0.15, 0.2) is 48.7 Å². The predicted octanol–water partition coefficient (Wildman–Crippen LogP) is 2.32. The van der Waals surface area contributed by atoms with Gasteiger partial charge in [-0.3, -0.25) is 4.79 Å². The number of carbonyl (C=O) groups is 1. The van der Waals surface area contributed by atoms with Gasteiger partial charge in [-0.15, -0.1) is 12.4 Å². The Morgan fingerprint density at radius 2 is 1.83 bits per heavy atom. The second kappa shape index (κ2) is 7.94. The zero-order valence-electron chi connectivity index (χ0n) is 13.1. The zero-order valence-corrected chi connectivity index (χ0v) is 13.9. The quantitative estimate of drug-likeness (QED) is 0.937. The Morgan fingerprint density at radius 1 is 1.13 bits per heavy atom. The Labute approximate surface area is 142 Å². The summed E-state index contributed by atoms with van der Waals surface area (Å²) in [7, 11) is 1.97. The van der Waals surface area contributed by atoms with Crippen LogP contribution in [0.2, 0.25) is 0 Å². The van der Waals surface area contributed by atoms with E-state index in [9.17, 15) is 4.79 Å². The number of rotatable bonds is 3. The van der Waals surface area contributed by atoms with Gasteiger partial charge in [0.15, 0.2) is 0 Å². The van der Waals surface area contributed by atoms with Crippen LogP contribution in [0.1, 0.15) is 10.4 Å². The number of para-hydroxylation sites is 1. The van der Waals surface area contributed by atoms with E-state index in [2.05, 4.69) is 10.3 Å². The van der Waals surface area contributed by atoms with Crippen molar-refractivity contribution < 1.29 is 4.79 Å². The van der Waals surface area contributed by atoms with Gasteiger partial charge in [-0.05, 0) is 24.3 Å². The average molecular weight is 333 g/mol. The van der Waals surface area contributed by atoms with Crippen LogP contribution in [0.3, 0.4) is 0 Å². The first-order chi connectivity index (χ1) is 10.8. The van der Waals surface area contributed by atoms with Crippen molar-refractivity contribution in [2.75, 3.05) is 38.1 Å². The van der Waals surface area contributed by atoms with Gasteiger partial charge in [-0.1, -0.05) is 18.2 Å². The van der Waals surface area contributed by atoms with E-state index < -0.39 is 0 Å². The van der Waals surface area contributed by atoms with Crippen LogP contribution in [0.4, 0.5) is 11.5 Å². The number of hydrogen-bond donors (Lipinski definition) is 1. The minimum atomic E-state index is 0. The third-order valence-corrected chi connectivity index (χ3v) is 3.89. The summed E-state index contributed by atoms with van der Waals surface area (Å²) in [5.74, 6) is 0.881. The van der Waals surface area contributed by atoms with Crippen molar-refractivity contribution in [2.45, 2.75) is 0 Å². The molecule has 23 heavy (non-hydrogen) atoms. The molecule has 0 radical (unpaired) electrons. The normalized spacial score (nSPS) is 14.0. The third kappa shape index (κ3) is 4.00. The van der Waals surface area contributed by atoms with E-state index in [-0.39, 0.29) is 18.3 Å². The Hall–Kier alpha value is -2.11. The van der Waals surface area contributed by atoms with Gasteiger partial charge in [0.2, 0.25) is 0 Å². The highest BCUT2D eigenvalue weighted by Gasteiger charge is 2.18. The molecule has 2 heterocycles. The van der Waals surface area contributed by atoms with Crippen molar-refractivity contribution in [1.29, 1.82) is 0 Å². The number of piperazine rings is 1. The Bertz CT molecular complexity index is 627. The molecule has 0 saturated carbocycles. The second-order valence-electron chi connectivity index (χ2n) is 5.34. The van der Waals surface area contributed by atoms with Crippen LogP contribution in [-0.4, -0.2) is 49.0 Å². The van der Waals surface area contributed by atoms with E-state index in [0.29, 0.717) is 5.56 Å². The van der Waals surface area contributed by atoms with Crippen molar-refractivity contribution in [2.24, 2.45) is 0 Å². The van der Waals surface area contributed by atoms with Gasteiger partial charge in [0.1, 0.15) is 5.82 Å². The first-order valence-corrected chi connectivity index (χ1v) is 7.50. The Balaban J connectivity index is 0.00000192. The predicted molar refractivity (Wildman–Crippen MR) is 94.8 cm³/mol. The highest BCUT2D eigenvalue weighted by Crippen LogP contribution is 2.21. The summed E-state index contributed by atoms with van der Waals surface area (Å²) >= 11 is 0. The lowest BCUT2D eigenvalue weighted by atomic mass is 10.2. The molecule has 0 bridgehead atoms. The Kier molecular flexibility index (Phi) is 5.96. The summed E-state index contributed by atoms with van der Waals surface area (Å²) in [6, 6.07) is 13.8. The molecule has 1 N–H and O–H groups in total. The number of nitrogens with one attached hydrogen (secondary N) is 1. The van der Waals surface area contributed by atoms with Crippen molar-refractivity contribution >= 4 is 29.8 Å². The van der Waals surface area contributed by atoms with Crippen LogP contribution in [0.5, 0.6) is 0 Å². The van der Waals surface area contributed by atoms with Gasteiger partial charge in [0.25, 0.3) is 5.91 Å². The van der Waals surface area contributed by atoms with Crippen LogP contribution in [0, 0.1) is 0 Å². The van der Waals surface area contributed by atoms with Crippen molar-refractivity contribution in [1.82, 2.24) is 15.2 Å². The molecule has 1 amide bonds. The summed E-state index contributed by atoms with van der Waals surface area (Å²) in [6.45, 7) is 3.22. The summed E-state index contributed by atoms with van der Waals surface area (Å²) in [5, 5.41) is 3.25. The minimum Gasteiger partial charge on any atom is -0.336 e. The molecular formula is C17H21ClN4O. The SMILES string of the molecule is CN(c1ccccc1)c1ccc(C(=O)N2CCNCC2)cn1.Cl. The number of nitrogens with zero attached hydrogens (tertiary/aromatic N) is 3. The van der Waals surface area contributed by atoms with Gasteiger partial charge in [0, 0.05) is 45.1 Å². The minimum absolute atomic E-state index is 0. The zero-order chi connectivity index (χ0) is 15.4. The van der Waals surface area contributed by atoms with E-state index in [0.717, 1.165) is 37.7 Å². The van der Waals surface area contributed by atoms with Crippen LogP contribution in [-0.2, 0) is 0 Å². The summed E-state index contributed by atoms with van der Waals surface area (Å²) in [4.78, 5) is 20.7. The van der Waals surface area contributed by atoms with E-state index in [1.54, 1.807) is 6.20 Å². The van der Waals surface area contributed by atoms with Crippen LogP contribution < -0.4 is 10.2 Å². The highest BCUT2D eigenvalue weighted by atomic mass is 35.5. The van der Waals surface area contributed by atoms with Gasteiger partial charge in [-0.2, -0.15) is 0 Å². The van der Waals surface area contributed by atoms with Gasteiger partial charge < -0.3 is 15.1 Å². The maximum atomic E-state index is 12.4. The number of amides is 1. The fourth-order valence-electron chi connectivity index (χ4n) is 2.55. The molecule has 1 fully saturated rings. The fourth-order valence-corrected chi connectivity index (χ4v) is 2.55. The topological polar surface area (TPSA) is 48.5 Å². The number of aromatic nitrogens is 1. The number of benzene rings is 1. The lowest BCUT2D eigenvalue weighted by Crippen LogP contribution is -2.46.